The van der Waals surface area contributed by atoms with Crippen molar-refractivity contribution in [2.75, 3.05) is 46.2 Å². The first kappa shape index (κ1) is 28.5. The van der Waals surface area contributed by atoms with E-state index < -0.39 is 5.72 Å². The van der Waals surface area contributed by atoms with Crippen LogP contribution in [0.15, 0.2) is 36.4 Å². The van der Waals surface area contributed by atoms with Gasteiger partial charge in [0.25, 0.3) is 5.91 Å². The highest BCUT2D eigenvalue weighted by Crippen LogP contribution is 2.37. The lowest BCUT2D eigenvalue weighted by Gasteiger charge is -2.45. The van der Waals surface area contributed by atoms with Crippen LogP contribution in [-0.4, -0.2) is 80.2 Å². The molecular weight excluding hydrogens is 470 g/mol. The van der Waals surface area contributed by atoms with Gasteiger partial charge in [0.05, 0.1) is 12.8 Å². The zero-order valence-electron chi connectivity index (χ0n) is 23.0. The van der Waals surface area contributed by atoms with Gasteiger partial charge in [-0.1, -0.05) is 19.4 Å². The maximum absolute atomic E-state index is 13.4. The van der Waals surface area contributed by atoms with Crippen molar-refractivity contribution in [3.05, 3.63) is 47.5 Å². The Morgan fingerprint density at radius 1 is 1.14 bits per heavy atom. The second-order valence-corrected chi connectivity index (χ2v) is 10.1. The van der Waals surface area contributed by atoms with Gasteiger partial charge in [-0.3, -0.25) is 14.5 Å². The first-order chi connectivity index (χ1) is 17.7. The van der Waals surface area contributed by atoms with Crippen molar-refractivity contribution in [2.45, 2.75) is 57.7 Å². The van der Waals surface area contributed by atoms with E-state index in [0.29, 0.717) is 29.5 Å². The first-order valence-electron chi connectivity index (χ1n) is 13.0. The van der Waals surface area contributed by atoms with Crippen LogP contribution in [0.3, 0.4) is 0 Å². The van der Waals surface area contributed by atoms with Crippen LogP contribution in [-0.2, 0) is 4.79 Å². The number of nitrogens with zero attached hydrogens (tertiary/aromatic N) is 3. The summed E-state index contributed by atoms with van der Waals surface area (Å²) in [6, 6.07) is 10.6. The smallest absolute Gasteiger partial charge is 0.258 e. The van der Waals surface area contributed by atoms with Crippen molar-refractivity contribution in [3.63, 3.8) is 0 Å². The molecule has 1 heterocycles. The Morgan fingerprint density at radius 2 is 1.84 bits per heavy atom. The van der Waals surface area contributed by atoms with Gasteiger partial charge >= 0.3 is 0 Å². The fourth-order valence-corrected chi connectivity index (χ4v) is 4.91. The van der Waals surface area contributed by atoms with Crippen LogP contribution >= 0.6 is 0 Å². The summed E-state index contributed by atoms with van der Waals surface area (Å²) in [5, 5.41) is 9.93. The minimum atomic E-state index is -1.11. The van der Waals surface area contributed by atoms with Crippen LogP contribution in [0.1, 0.15) is 54.9 Å². The zero-order valence-corrected chi connectivity index (χ0v) is 23.0. The molecule has 1 N–H and O–H groups in total. The van der Waals surface area contributed by atoms with Crippen LogP contribution in [0.25, 0.3) is 0 Å². The van der Waals surface area contributed by atoms with Gasteiger partial charge in [-0.2, -0.15) is 0 Å². The van der Waals surface area contributed by atoms with E-state index in [9.17, 15) is 14.7 Å². The largest absolute Gasteiger partial charge is 0.504 e. The monoisotopic (exact) mass is 511 g/mol. The number of unbranched alkanes of at least 4 members (excludes halogenated alkanes) is 1. The van der Waals surface area contributed by atoms with E-state index in [1.807, 2.05) is 25.1 Å². The molecule has 1 aliphatic rings. The van der Waals surface area contributed by atoms with Crippen LogP contribution in [0.4, 0.5) is 5.69 Å². The fourth-order valence-electron chi connectivity index (χ4n) is 4.91. The van der Waals surface area contributed by atoms with Crippen LogP contribution < -0.4 is 14.4 Å². The lowest BCUT2D eigenvalue weighted by molar-refractivity contribution is -0.146. The van der Waals surface area contributed by atoms with E-state index in [4.69, 9.17) is 9.47 Å². The molecule has 0 spiro atoms. The Kier molecular flexibility index (Phi) is 9.56. The molecule has 2 aromatic carbocycles. The van der Waals surface area contributed by atoms with Crippen molar-refractivity contribution in [3.8, 4) is 17.2 Å². The van der Waals surface area contributed by atoms with Gasteiger partial charge in [0.1, 0.15) is 5.75 Å². The molecule has 202 valence electrons. The summed E-state index contributed by atoms with van der Waals surface area (Å²) >= 11 is 0. The molecule has 0 aliphatic carbocycles. The molecule has 0 radical (unpaired) electrons. The normalized spacial score (nSPS) is 16.3. The maximum Gasteiger partial charge on any atom is 0.258 e. The molecule has 0 saturated carbocycles. The van der Waals surface area contributed by atoms with Gasteiger partial charge in [0, 0.05) is 38.2 Å². The molecule has 37 heavy (non-hydrogen) atoms. The summed E-state index contributed by atoms with van der Waals surface area (Å²) < 4.78 is 11.8. The summed E-state index contributed by atoms with van der Waals surface area (Å²) in [7, 11) is 7.30. The van der Waals surface area contributed by atoms with Crippen molar-refractivity contribution < 1.29 is 24.2 Å². The summed E-state index contributed by atoms with van der Waals surface area (Å²) in [5.41, 5.74) is 0.782. The molecule has 0 aromatic heterocycles. The SMILES string of the molecule is CCCCC(C=O)(Oc1cc(C)ccc1N(C)C(=O)c1ccc(O)c(OC)c1)N1CCC(N(C)C)CC1. The number of aldehydes is 1. The molecule has 1 aliphatic heterocycles. The van der Waals surface area contributed by atoms with Crippen molar-refractivity contribution in [1.82, 2.24) is 9.80 Å². The number of hydrogen-bond donors (Lipinski definition) is 1. The Hall–Kier alpha value is -3.10. The van der Waals surface area contributed by atoms with Crippen molar-refractivity contribution in [2.24, 2.45) is 0 Å². The average Bonchev–Trinajstić information content (AvgIpc) is 2.90. The highest BCUT2D eigenvalue weighted by molar-refractivity contribution is 6.07. The number of ether oxygens (including phenoxy) is 2. The second kappa shape index (κ2) is 12.4. The second-order valence-electron chi connectivity index (χ2n) is 10.1. The quantitative estimate of drug-likeness (QED) is 0.446. The van der Waals surface area contributed by atoms with Crippen molar-refractivity contribution >= 4 is 17.9 Å². The Morgan fingerprint density at radius 3 is 2.43 bits per heavy atom. The molecule has 1 unspecified atom stereocenters. The highest BCUT2D eigenvalue weighted by atomic mass is 16.5. The van der Waals surface area contributed by atoms with Crippen molar-refractivity contribution in [1.29, 1.82) is 0 Å². The Balaban J connectivity index is 1.95. The lowest BCUT2D eigenvalue weighted by Crippen LogP contribution is -2.58. The number of phenols is 1. The number of hydrogen-bond acceptors (Lipinski definition) is 7. The number of carbonyl (C=O) groups excluding carboxylic acids is 2. The summed E-state index contributed by atoms with van der Waals surface area (Å²) in [4.78, 5) is 32.1. The van der Waals surface area contributed by atoms with Gasteiger partial charge in [0.15, 0.2) is 17.8 Å². The summed E-state index contributed by atoms with van der Waals surface area (Å²) in [6.45, 7) is 5.58. The molecule has 2 aromatic rings. The van der Waals surface area contributed by atoms with Crippen LogP contribution in [0, 0.1) is 6.92 Å². The number of carbonyl (C=O) groups is 2. The highest BCUT2D eigenvalue weighted by Gasteiger charge is 2.41. The number of likely N-dealkylation sites (tertiary alicyclic amines) is 1. The molecule has 8 heteroatoms. The number of amides is 1. The zero-order chi connectivity index (χ0) is 27.2. The number of rotatable bonds is 11. The number of anilines is 1. The van der Waals surface area contributed by atoms with Gasteiger partial charge in [-0.25, -0.2) is 0 Å². The maximum atomic E-state index is 13.4. The predicted molar refractivity (Wildman–Crippen MR) is 146 cm³/mol. The number of phenolic OH excluding ortho intramolecular Hbond substituents is 1. The molecule has 0 bridgehead atoms. The van der Waals surface area contributed by atoms with Gasteiger partial charge < -0.3 is 24.4 Å². The van der Waals surface area contributed by atoms with E-state index in [1.54, 1.807) is 13.1 Å². The fraction of sp³-hybridized carbons (Fsp3) is 0.517. The van der Waals surface area contributed by atoms with E-state index in [2.05, 4.69) is 30.8 Å². The number of methoxy groups -OCH3 is 1. The van der Waals surface area contributed by atoms with E-state index in [0.717, 1.165) is 50.6 Å². The van der Waals surface area contributed by atoms with E-state index >= 15 is 0 Å². The molecule has 1 saturated heterocycles. The summed E-state index contributed by atoms with van der Waals surface area (Å²) in [6.07, 6.45) is 5.21. The summed E-state index contributed by atoms with van der Waals surface area (Å²) in [5.74, 6) is 0.384. The van der Waals surface area contributed by atoms with Crippen LogP contribution in [0.5, 0.6) is 17.2 Å². The first-order valence-corrected chi connectivity index (χ1v) is 13.0. The third-order valence-corrected chi connectivity index (χ3v) is 7.30. The van der Waals surface area contributed by atoms with Crippen LogP contribution in [0.2, 0.25) is 0 Å². The molecule has 1 amide bonds. The topological polar surface area (TPSA) is 82.5 Å². The van der Waals surface area contributed by atoms with Gasteiger partial charge in [-0.15, -0.1) is 0 Å². The number of aryl methyl sites for hydroxylation is 1. The molecule has 8 nitrogen and oxygen atoms in total. The Labute approximate surface area is 220 Å². The standard InChI is InChI=1S/C29H41N3O5/c1-7-8-15-29(20-33,32-16-13-23(14-17-32)30(3)4)37-26-18-21(2)9-11-24(26)31(5)28(35)22-10-12-25(34)27(19-22)36-6/h9-12,18-20,23,34H,7-8,13-17H2,1-6H3. The average molecular weight is 512 g/mol. The molecule has 1 atom stereocenters. The number of benzene rings is 2. The Bertz CT molecular complexity index is 1080. The third-order valence-electron chi connectivity index (χ3n) is 7.30. The number of aromatic hydroxyl groups is 1. The third kappa shape index (κ3) is 6.43. The molecule has 1 fully saturated rings. The van der Waals surface area contributed by atoms with E-state index in [-0.39, 0.29) is 17.4 Å². The minimum Gasteiger partial charge on any atom is -0.504 e. The lowest BCUT2D eigenvalue weighted by atomic mass is 9.98. The van der Waals surface area contributed by atoms with Gasteiger partial charge in [0.2, 0.25) is 5.72 Å². The predicted octanol–water partition coefficient (Wildman–Crippen LogP) is 4.48. The number of piperidine rings is 1. The van der Waals surface area contributed by atoms with Gasteiger partial charge in [-0.05, 0) is 76.2 Å². The molecular formula is C29H41N3O5. The molecule has 3 rings (SSSR count). The van der Waals surface area contributed by atoms with E-state index in [1.165, 1.54) is 24.1 Å². The minimum absolute atomic E-state index is 0.0363.